The zero-order chi connectivity index (χ0) is 26.9. The van der Waals surface area contributed by atoms with Crippen LogP contribution in [0.2, 0.25) is 0 Å². The molecule has 0 fully saturated rings. The van der Waals surface area contributed by atoms with E-state index in [4.69, 9.17) is 14.1 Å². The quantitative estimate of drug-likeness (QED) is 0.231. The highest BCUT2D eigenvalue weighted by Crippen LogP contribution is 2.34. The number of rotatable bonds is 5. The molecule has 0 saturated heterocycles. The van der Waals surface area contributed by atoms with E-state index in [1.807, 2.05) is 64.1 Å². The van der Waals surface area contributed by atoms with Crippen molar-refractivity contribution in [2.45, 2.75) is 60.1 Å². The van der Waals surface area contributed by atoms with Crippen molar-refractivity contribution in [1.82, 2.24) is 10.3 Å². The SMILES string of the molecule is CCN=c1cc2oc3cc(NC(=O)C(NC(=O)OC(C)(C)C)C(C)C)c4ccccc4c3nc-2cc1C.Cl. The number of amides is 2. The van der Waals surface area contributed by atoms with E-state index in [0.29, 0.717) is 29.1 Å². The van der Waals surface area contributed by atoms with E-state index in [2.05, 4.69) is 15.6 Å². The van der Waals surface area contributed by atoms with Gasteiger partial charge in [-0.2, -0.15) is 0 Å². The van der Waals surface area contributed by atoms with Gasteiger partial charge in [-0.25, -0.2) is 9.78 Å². The molecule has 0 bridgehead atoms. The van der Waals surface area contributed by atoms with Crippen LogP contribution in [0.3, 0.4) is 0 Å². The largest absolute Gasteiger partial charge is 0.453 e. The topological polar surface area (TPSA) is 106 Å². The van der Waals surface area contributed by atoms with Crippen LogP contribution in [0, 0.1) is 12.8 Å². The van der Waals surface area contributed by atoms with Crippen molar-refractivity contribution in [3.63, 3.8) is 0 Å². The molecule has 38 heavy (non-hydrogen) atoms. The Bertz CT molecular complexity index is 1520. The van der Waals surface area contributed by atoms with Crippen LogP contribution in [0.1, 0.15) is 47.1 Å². The monoisotopic (exact) mass is 538 g/mol. The molecule has 0 spiro atoms. The summed E-state index contributed by atoms with van der Waals surface area (Å²) < 4.78 is 11.6. The number of nitrogens with one attached hydrogen (secondary N) is 2. The van der Waals surface area contributed by atoms with Gasteiger partial charge in [0.1, 0.15) is 22.9 Å². The number of hydrogen-bond acceptors (Lipinski definition) is 6. The van der Waals surface area contributed by atoms with Gasteiger partial charge in [0.2, 0.25) is 5.91 Å². The van der Waals surface area contributed by atoms with E-state index >= 15 is 0 Å². The zero-order valence-corrected chi connectivity index (χ0v) is 23.7. The lowest BCUT2D eigenvalue weighted by Crippen LogP contribution is -2.48. The zero-order valence-electron chi connectivity index (χ0n) is 22.8. The number of aromatic nitrogens is 1. The summed E-state index contributed by atoms with van der Waals surface area (Å²) in [7, 11) is 0. The number of ether oxygens (including phenoxy) is 1. The van der Waals surface area contributed by atoms with Gasteiger partial charge < -0.3 is 19.8 Å². The van der Waals surface area contributed by atoms with Crippen LogP contribution in [-0.4, -0.2) is 35.2 Å². The Kier molecular flexibility index (Phi) is 8.67. The first-order valence-electron chi connectivity index (χ1n) is 12.5. The summed E-state index contributed by atoms with van der Waals surface area (Å²) in [6.07, 6.45) is -0.640. The maximum Gasteiger partial charge on any atom is 0.408 e. The first kappa shape index (κ1) is 28.9. The number of carbonyl (C=O) groups is 2. The van der Waals surface area contributed by atoms with Gasteiger partial charge in [-0.15, -0.1) is 12.4 Å². The fraction of sp³-hybridized carbons (Fsp3) is 0.379. The van der Waals surface area contributed by atoms with Gasteiger partial charge in [0, 0.05) is 29.4 Å². The molecular weight excluding hydrogens is 504 g/mol. The minimum absolute atomic E-state index is 0. The van der Waals surface area contributed by atoms with Gasteiger partial charge >= 0.3 is 6.09 Å². The number of aryl methyl sites for hydroxylation is 1. The van der Waals surface area contributed by atoms with E-state index in [1.54, 1.807) is 26.8 Å². The molecule has 9 heteroatoms. The van der Waals surface area contributed by atoms with Crippen LogP contribution >= 0.6 is 12.4 Å². The maximum absolute atomic E-state index is 13.4. The molecule has 2 aromatic rings. The molecule has 4 rings (SSSR count). The van der Waals surface area contributed by atoms with Gasteiger partial charge in [-0.3, -0.25) is 9.79 Å². The molecule has 2 aliphatic rings. The van der Waals surface area contributed by atoms with Gasteiger partial charge in [0.05, 0.1) is 11.0 Å². The molecule has 1 heterocycles. The van der Waals surface area contributed by atoms with Crippen LogP contribution in [0.5, 0.6) is 0 Å². The Morgan fingerprint density at radius 3 is 2.42 bits per heavy atom. The summed E-state index contributed by atoms with van der Waals surface area (Å²) >= 11 is 0. The first-order valence-corrected chi connectivity index (χ1v) is 12.5. The predicted octanol–water partition coefficient (Wildman–Crippen LogP) is 6.22. The molecule has 0 aromatic heterocycles. The lowest BCUT2D eigenvalue weighted by molar-refractivity contribution is -0.119. The summed E-state index contributed by atoms with van der Waals surface area (Å²) in [6.45, 7) is 13.7. The molecule has 2 amide bonds. The van der Waals surface area contributed by atoms with Crippen LogP contribution in [0.25, 0.3) is 33.3 Å². The number of alkyl carbamates (subject to hydrolysis) is 1. The van der Waals surface area contributed by atoms with Crippen molar-refractivity contribution < 1.29 is 18.7 Å². The van der Waals surface area contributed by atoms with Crippen molar-refractivity contribution in [3.05, 3.63) is 53.4 Å². The third kappa shape index (κ3) is 6.25. The normalized spacial score (nSPS) is 13.0. The second-order valence-electron chi connectivity index (χ2n) is 10.5. The fourth-order valence-corrected chi connectivity index (χ4v) is 4.22. The average molecular weight is 539 g/mol. The number of nitrogens with zero attached hydrogens (tertiary/aromatic N) is 2. The van der Waals surface area contributed by atoms with Crippen molar-refractivity contribution in [2.24, 2.45) is 10.9 Å². The van der Waals surface area contributed by atoms with E-state index in [-0.39, 0.29) is 24.2 Å². The van der Waals surface area contributed by atoms with Crippen LogP contribution < -0.4 is 16.0 Å². The summed E-state index contributed by atoms with van der Waals surface area (Å²) in [5, 5.41) is 8.24. The second kappa shape index (κ2) is 11.4. The number of fused-ring (bicyclic) bond motifs is 4. The van der Waals surface area contributed by atoms with Gasteiger partial charge in [0.15, 0.2) is 11.3 Å². The van der Waals surface area contributed by atoms with Crippen molar-refractivity contribution in [3.8, 4) is 11.5 Å². The number of halogens is 1. The highest BCUT2D eigenvalue weighted by molar-refractivity contribution is 6.13. The van der Waals surface area contributed by atoms with Crippen LogP contribution in [-0.2, 0) is 9.53 Å². The molecule has 1 unspecified atom stereocenters. The summed E-state index contributed by atoms with van der Waals surface area (Å²) in [4.78, 5) is 35.2. The van der Waals surface area contributed by atoms with E-state index in [9.17, 15) is 9.59 Å². The predicted molar refractivity (Wildman–Crippen MR) is 153 cm³/mol. The number of benzene rings is 3. The van der Waals surface area contributed by atoms with Crippen molar-refractivity contribution in [2.75, 3.05) is 11.9 Å². The van der Waals surface area contributed by atoms with Gasteiger partial charge in [-0.1, -0.05) is 38.1 Å². The molecule has 0 saturated carbocycles. The molecular formula is C29H35ClN4O4. The summed E-state index contributed by atoms with van der Waals surface area (Å²) in [5.41, 5.74) is 2.91. The first-order chi connectivity index (χ1) is 17.5. The Morgan fingerprint density at radius 1 is 1.11 bits per heavy atom. The molecule has 202 valence electrons. The molecule has 8 nitrogen and oxygen atoms in total. The highest BCUT2D eigenvalue weighted by atomic mass is 35.5. The third-order valence-electron chi connectivity index (χ3n) is 5.92. The smallest absolute Gasteiger partial charge is 0.408 e. The van der Waals surface area contributed by atoms with Crippen LogP contribution in [0.15, 0.2) is 51.9 Å². The molecule has 0 radical (unpaired) electrons. The second-order valence-corrected chi connectivity index (χ2v) is 10.5. The lowest BCUT2D eigenvalue weighted by atomic mass is 10.0. The Labute approximate surface area is 228 Å². The molecule has 2 aromatic carbocycles. The number of hydrogen-bond donors (Lipinski definition) is 2. The highest BCUT2D eigenvalue weighted by Gasteiger charge is 2.28. The standard InChI is InChI=1S/C29H34N4O4.ClH/c1-8-30-20-14-23-22(13-17(20)4)31-26-19-12-10-9-11-18(19)21(15-24(26)36-23)32-27(34)25(16(2)3)33-28(35)37-29(5,6)7;/h9-16,25H,8H2,1-7H3,(H,32,34)(H,33,35);1H. The van der Waals surface area contributed by atoms with Crippen molar-refractivity contribution in [1.29, 1.82) is 0 Å². The maximum atomic E-state index is 13.4. The lowest BCUT2D eigenvalue weighted by Gasteiger charge is -2.25. The number of carbonyl (C=O) groups excluding carboxylic acids is 2. The van der Waals surface area contributed by atoms with E-state index in [0.717, 1.165) is 27.4 Å². The van der Waals surface area contributed by atoms with Gasteiger partial charge in [-0.05, 0) is 52.2 Å². The van der Waals surface area contributed by atoms with E-state index < -0.39 is 17.7 Å². The summed E-state index contributed by atoms with van der Waals surface area (Å²) in [6, 6.07) is 12.6. The number of anilines is 1. The average Bonchev–Trinajstić information content (AvgIpc) is 2.81. The summed E-state index contributed by atoms with van der Waals surface area (Å²) in [5.74, 6) is 0.0989. The molecule has 1 aliphatic carbocycles. The molecule has 1 aliphatic heterocycles. The Balaban J connectivity index is 0.00000400. The van der Waals surface area contributed by atoms with E-state index in [1.165, 1.54) is 0 Å². The molecule has 2 N–H and O–H groups in total. The molecule has 1 atom stereocenters. The minimum atomic E-state index is -0.794. The van der Waals surface area contributed by atoms with Gasteiger partial charge in [0.25, 0.3) is 0 Å². The Hall–Kier alpha value is -3.65. The third-order valence-corrected chi connectivity index (χ3v) is 5.92. The fourth-order valence-electron chi connectivity index (χ4n) is 4.22. The van der Waals surface area contributed by atoms with Crippen molar-refractivity contribution >= 4 is 52.0 Å². The van der Waals surface area contributed by atoms with Crippen LogP contribution in [0.4, 0.5) is 10.5 Å². The Morgan fingerprint density at radius 2 is 1.79 bits per heavy atom. The minimum Gasteiger partial charge on any atom is -0.453 e.